The number of morpholine rings is 1. The van der Waals surface area contributed by atoms with E-state index in [-0.39, 0.29) is 6.10 Å². The molecule has 5 heteroatoms. The summed E-state index contributed by atoms with van der Waals surface area (Å²) in [5, 5.41) is 0.862. The highest BCUT2D eigenvalue weighted by Gasteiger charge is 2.26. The van der Waals surface area contributed by atoms with Crippen molar-refractivity contribution >= 4 is 21.7 Å². The molecule has 2 atom stereocenters. The van der Waals surface area contributed by atoms with Gasteiger partial charge < -0.3 is 9.64 Å². The van der Waals surface area contributed by atoms with Gasteiger partial charge in [-0.1, -0.05) is 15.9 Å². The minimum absolute atomic E-state index is 0.246. The maximum atomic E-state index is 5.66. The van der Waals surface area contributed by atoms with E-state index in [0.717, 1.165) is 24.3 Å². The number of anilines is 1. The van der Waals surface area contributed by atoms with Crippen molar-refractivity contribution in [3.8, 4) is 0 Å². The van der Waals surface area contributed by atoms with Crippen LogP contribution in [0.1, 0.15) is 6.92 Å². The maximum Gasteiger partial charge on any atom is 0.132 e. The third-order valence-corrected chi connectivity index (χ3v) is 3.26. The van der Waals surface area contributed by atoms with Crippen LogP contribution in [0.25, 0.3) is 0 Å². The van der Waals surface area contributed by atoms with Gasteiger partial charge >= 0.3 is 0 Å². The lowest BCUT2D eigenvalue weighted by Crippen LogP contribution is -2.49. The lowest BCUT2D eigenvalue weighted by Gasteiger charge is -2.38. The first-order valence-corrected chi connectivity index (χ1v) is 6.13. The smallest absolute Gasteiger partial charge is 0.132 e. The Morgan fingerprint density at radius 1 is 1.67 bits per heavy atom. The minimum Gasteiger partial charge on any atom is -0.373 e. The summed E-state index contributed by atoms with van der Waals surface area (Å²) in [4.78, 5) is 10.5. The summed E-state index contributed by atoms with van der Waals surface area (Å²) < 4.78 is 5.66. The zero-order chi connectivity index (χ0) is 10.7. The first kappa shape index (κ1) is 10.8. The molecule has 1 aliphatic heterocycles. The molecule has 1 saturated heterocycles. The number of ether oxygens (including phenoxy) is 1. The van der Waals surface area contributed by atoms with Gasteiger partial charge in [0.1, 0.15) is 12.1 Å². The molecule has 4 nitrogen and oxygen atoms in total. The van der Waals surface area contributed by atoms with Crippen LogP contribution in [0.5, 0.6) is 0 Å². The molecule has 0 aliphatic carbocycles. The Hall–Kier alpha value is -0.680. The molecule has 0 N–H and O–H groups in total. The quantitative estimate of drug-likeness (QED) is 0.764. The van der Waals surface area contributed by atoms with E-state index in [9.17, 15) is 0 Å². The van der Waals surface area contributed by atoms with Crippen molar-refractivity contribution in [2.24, 2.45) is 0 Å². The molecule has 0 bridgehead atoms. The predicted octanol–water partition coefficient (Wildman–Crippen LogP) is 1.47. The fourth-order valence-electron chi connectivity index (χ4n) is 1.68. The summed E-state index contributed by atoms with van der Waals surface area (Å²) in [6.07, 6.45) is 3.60. The molecule has 2 heterocycles. The van der Waals surface area contributed by atoms with Gasteiger partial charge in [-0.25, -0.2) is 9.97 Å². The van der Waals surface area contributed by atoms with Crippen molar-refractivity contribution in [3.05, 3.63) is 18.6 Å². The second kappa shape index (κ2) is 4.90. The summed E-state index contributed by atoms with van der Waals surface area (Å²) in [5.74, 6) is 0.978. The van der Waals surface area contributed by atoms with Crippen LogP contribution >= 0.6 is 15.9 Å². The van der Waals surface area contributed by atoms with Crippen molar-refractivity contribution < 1.29 is 4.74 Å². The molecule has 2 rings (SSSR count). The zero-order valence-corrected chi connectivity index (χ0v) is 10.2. The topological polar surface area (TPSA) is 38.2 Å². The number of rotatable bonds is 2. The maximum absolute atomic E-state index is 5.66. The van der Waals surface area contributed by atoms with E-state index in [1.54, 1.807) is 12.5 Å². The molecular formula is C10H14BrN3O. The van der Waals surface area contributed by atoms with Crippen molar-refractivity contribution in [2.75, 3.05) is 23.4 Å². The molecule has 0 aromatic carbocycles. The van der Waals surface area contributed by atoms with E-state index in [2.05, 4.69) is 37.7 Å². The lowest BCUT2D eigenvalue weighted by molar-refractivity contribution is 0.0376. The van der Waals surface area contributed by atoms with Gasteiger partial charge in [0.2, 0.25) is 0 Å². The monoisotopic (exact) mass is 271 g/mol. The Kier molecular flexibility index (Phi) is 3.53. The molecule has 0 spiro atoms. The molecule has 0 saturated carbocycles. The third kappa shape index (κ3) is 2.46. The standard InChI is InChI=1S/C10H14BrN3O/c1-8-6-15-9(4-11)5-14(8)10-2-3-12-7-13-10/h2-3,7-9H,4-6H2,1H3. The fraction of sp³-hybridized carbons (Fsp3) is 0.600. The first-order chi connectivity index (χ1) is 7.31. The van der Waals surface area contributed by atoms with Crippen LogP contribution < -0.4 is 4.90 Å². The Morgan fingerprint density at radius 2 is 2.53 bits per heavy atom. The number of nitrogens with zero attached hydrogens (tertiary/aromatic N) is 3. The molecule has 15 heavy (non-hydrogen) atoms. The molecule has 0 radical (unpaired) electrons. The van der Waals surface area contributed by atoms with E-state index in [4.69, 9.17) is 4.74 Å². The van der Waals surface area contributed by atoms with E-state index in [1.807, 2.05) is 6.07 Å². The summed E-state index contributed by atoms with van der Waals surface area (Å²) in [7, 11) is 0. The SMILES string of the molecule is CC1COC(CBr)CN1c1ccncn1. The van der Waals surface area contributed by atoms with Gasteiger partial charge in [-0.15, -0.1) is 0 Å². The second-order valence-electron chi connectivity index (χ2n) is 3.68. The average molecular weight is 272 g/mol. The Balaban J connectivity index is 2.13. The van der Waals surface area contributed by atoms with Crippen molar-refractivity contribution in [1.29, 1.82) is 0 Å². The van der Waals surface area contributed by atoms with Crippen LogP contribution in [0.15, 0.2) is 18.6 Å². The molecular weight excluding hydrogens is 258 g/mol. The van der Waals surface area contributed by atoms with Crippen LogP contribution in [0, 0.1) is 0 Å². The van der Waals surface area contributed by atoms with Crippen molar-refractivity contribution in [3.63, 3.8) is 0 Å². The highest BCUT2D eigenvalue weighted by atomic mass is 79.9. The molecule has 0 amide bonds. The van der Waals surface area contributed by atoms with Crippen molar-refractivity contribution in [2.45, 2.75) is 19.1 Å². The first-order valence-electron chi connectivity index (χ1n) is 5.01. The Labute approximate surface area is 97.8 Å². The molecule has 1 aromatic heterocycles. The highest BCUT2D eigenvalue weighted by Crippen LogP contribution is 2.19. The normalized spacial score (nSPS) is 26.7. The van der Waals surface area contributed by atoms with Gasteiger partial charge in [0.05, 0.1) is 18.8 Å². The highest BCUT2D eigenvalue weighted by molar-refractivity contribution is 9.09. The van der Waals surface area contributed by atoms with Gasteiger partial charge in [-0.05, 0) is 13.0 Å². The second-order valence-corrected chi connectivity index (χ2v) is 4.33. The van der Waals surface area contributed by atoms with E-state index in [0.29, 0.717) is 6.04 Å². The molecule has 2 unspecified atom stereocenters. The average Bonchev–Trinajstić information content (AvgIpc) is 2.31. The van der Waals surface area contributed by atoms with E-state index < -0.39 is 0 Å². The number of hydrogen-bond acceptors (Lipinski definition) is 4. The van der Waals surface area contributed by atoms with Crippen LogP contribution in [0.3, 0.4) is 0 Å². The lowest BCUT2D eigenvalue weighted by atomic mass is 10.2. The van der Waals surface area contributed by atoms with Crippen LogP contribution in [0.4, 0.5) is 5.82 Å². The van der Waals surface area contributed by atoms with E-state index in [1.165, 1.54) is 0 Å². The number of aromatic nitrogens is 2. The summed E-state index contributed by atoms with van der Waals surface area (Å²) in [5.41, 5.74) is 0. The van der Waals surface area contributed by atoms with Gasteiger partial charge in [-0.2, -0.15) is 0 Å². The number of halogens is 1. The summed E-state index contributed by atoms with van der Waals surface area (Å²) in [6, 6.07) is 2.31. The van der Waals surface area contributed by atoms with Crippen LogP contribution in [0.2, 0.25) is 0 Å². The van der Waals surface area contributed by atoms with Crippen molar-refractivity contribution in [1.82, 2.24) is 9.97 Å². The largest absolute Gasteiger partial charge is 0.373 e. The van der Waals surface area contributed by atoms with Gasteiger partial charge in [0.15, 0.2) is 0 Å². The Morgan fingerprint density at radius 3 is 3.20 bits per heavy atom. The Bertz CT molecular complexity index is 309. The fourth-order valence-corrected chi connectivity index (χ4v) is 2.08. The van der Waals surface area contributed by atoms with Gasteiger partial charge in [0.25, 0.3) is 0 Å². The molecule has 1 fully saturated rings. The third-order valence-electron chi connectivity index (χ3n) is 2.54. The van der Waals surface area contributed by atoms with Crippen LogP contribution in [-0.4, -0.2) is 40.6 Å². The van der Waals surface area contributed by atoms with Gasteiger partial charge in [0, 0.05) is 18.1 Å². The zero-order valence-electron chi connectivity index (χ0n) is 8.64. The molecule has 1 aromatic rings. The predicted molar refractivity (Wildman–Crippen MR) is 62.4 cm³/mol. The molecule has 82 valence electrons. The number of alkyl halides is 1. The molecule has 1 aliphatic rings. The summed E-state index contributed by atoms with van der Waals surface area (Å²) >= 11 is 3.45. The summed E-state index contributed by atoms with van der Waals surface area (Å²) in [6.45, 7) is 3.77. The number of hydrogen-bond donors (Lipinski definition) is 0. The van der Waals surface area contributed by atoms with Crippen LogP contribution in [-0.2, 0) is 4.74 Å². The minimum atomic E-state index is 0.246. The van der Waals surface area contributed by atoms with E-state index >= 15 is 0 Å². The van der Waals surface area contributed by atoms with Gasteiger partial charge in [-0.3, -0.25) is 0 Å².